The van der Waals surface area contributed by atoms with E-state index in [1.165, 1.54) is 30.7 Å². The molecule has 7 amide bonds. The van der Waals surface area contributed by atoms with E-state index in [2.05, 4.69) is 52.7 Å². The van der Waals surface area contributed by atoms with Crippen LogP contribution in [-0.4, -0.2) is 204 Å². The summed E-state index contributed by atoms with van der Waals surface area (Å²) in [6.45, 7) is 6.73. The van der Waals surface area contributed by atoms with Gasteiger partial charge in [0.15, 0.2) is 0 Å². The molecule has 2 unspecified atom stereocenters. The number of nitrogens with two attached hydrogens (primary N) is 2. The number of phenols is 1. The maximum atomic E-state index is 14.6. The number of benzene rings is 1. The number of nitrogens with one attached hydrogen (secondary N) is 6. The van der Waals surface area contributed by atoms with Gasteiger partial charge in [-0.15, -0.1) is 0 Å². The van der Waals surface area contributed by atoms with E-state index in [0.29, 0.717) is 24.7 Å². The fraction of sp³-hybridized carbons (Fsp3) is 0.750. The first kappa shape index (κ1) is 64.4. The van der Waals surface area contributed by atoms with Gasteiger partial charge < -0.3 is 88.7 Å². The highest BCUT2D eigenvalue weighted by atomic mass is 16.3. The van der Waals surface area contributed by atoms with Gasteiger partial charge in [0, 0.05) is 45.4 Å². The molecule has 3 fully saturated rings. The average molecular weight is 1090 g/mol. The van der Waals surface area contributed by atoms with Gasteiger partial charge in [0.1, 0.15) is 60.4 Å². The molecule has 77 heavy (non-hydrogen) atoms. The lowest BCUT2D eigenvalue weighted by molar-refractivity contribution is -0.148. The van der Waals surface area contributed by atoms with Crippen LogP contribution in [0.5, 0.6) is 5.75 Å². The van der Waals surface area contributed by atoms with Crippen LogP contribution in [0.15, 0.2) is 24.3 Å². The molecule has 18 N–H and O–H groups in total. The molecule has 16 atom stereocenters. The Balaban J connectivity index is 1.73. The molecule has 3 saturated heterocycles. The van der Waals surface area contributed by atoms with E-state index in [1.54, 1.807) is 0 Å². The number of carbonyl (C=O) groups is 7. The molecule has 436 valence electrons. The minimum absolute atomic E-state index is 0.0257. The molecule has 1 aromatic rings. The Kier molecular flexibility index (Phi) is 26.4. The number of hydrogen-bond donors (Lipinski definition) is 16. The third kappa shape index (κ3) is 18.8. The Labute approximate surface area is 450 Å². The number of aliphatic hydroxyl groups excluding tert-OH is 7. The van der Waals surface area contributed by atoms with E-state index < -0.39 is 146 Å². The summed E-state index contributed by atoms with van der Waals surface area (Å²) in [7, 11) is 0. The summed E-state index contributed by atoms with van der Waals surface area (Å²) < 4.78 is 0. The molecular formula is C52H88N10O15. The van der Waals surface area contributed by atoms with Crippen molar-refractivity contribution in [3.8, 4) is 5.75 Å². The van der Waals surface area contributed by atoms with Crippen LogP contribution >= 0.6 is 0 Å². The van der Waals surface area contributed by atoms with Crippen LogP contribution in [-0.2, 0) is 33.6 Å². The Bertz CT molecular complexity index is 2070. The topological polar surface area (TPSA) is 412 Å². The zero-order valence-corrected chi connectivity index (χ0v) is 45.0. The summed E-state index contributed by atoms with van der Waals surface area (Å²) in [5, 5.41) is 104. The number of carbonyl (C=O) groups excluding carboxylic acids is 7. The van der Waals surface area contributed by atoms with E-state index >= 15 is 0 Å². The number of aromatic hydroxyl groups is 1. The van der Waals surface area contributed by atoms with E-state index in [9.17, 15) is 74.4 Å². The monoisotopic (exact) mass is 1090 g/mol. The van der Waals surface area contributed by atoms with Crippen molar-refractivity contribution >= 4 is 41.4 Å². The number of hydrogen-bond acceptors (Lipinski definition) is 18. The van der Waals surface area contributed by atoms with Crippen molar-refractivity contribution in [1.29, 1.82) is 0 Å². The van der Waals surface area contributed by atoms with Crippen molar-refractivity contribution in [3.05, 3.63) is 29.8 Å². The quantitative estimate of drug-likeness (QED) is 0.0477. The predicted molar refractivity (Wildman–Crippen MR) is 280 cm³/mol. The van der Waals surface area contributed by atoms with Crippen molar-refractivity contribution < 1.29 is 74.4 Å². The molecule has 0 radical (unpaired) electrons. The van der Waals surface area contributed by atoms with Gasteiger partial charge in [0.2, 0.25) is 41.4 Å². The first-order chi connectivity index (χ1) is 36.5. The summed E-state index contributed by atoms with van der Waals surface area (Å²) >= 11 is 0. The molecule has 25 heteroatoms. The van der Waals surface area contributed by atoms with Crippen LogP contribution in [0.3, 0.4) is 0 Å². The third-order valence-corrected chi connectivity index (χ3v) is 14.9. The van der Waals surface area contributed by atoms with Crippen LogP contribution in [0.2, 0.25) is 0 Å². The maximum absolute atomic E-state index is 14.6. The Morgan fingerprint density at radius 1 is 0.714 bits per heavy atom. The Morgan fingerprint density at radius 3 is 1.97 bits per heavy atom. The molecule has 3 aliphatic rings. The molecule has 3 aliphatic heterocycles. The summed E-state index contributed by atoms with van der Waals surface area (Å²) in [6.07, 6.45) is -6.95. The Morgan fingerprint density at radius 2 is 1.34 bits per heavy atom. The number of phenolic OH excluding ortho intramolecular Hbond substituents is 1. The molecule has 25 nitrogen and oxygen atoms in total. The maximum Gasteiger partial charge on any atom is 0.248 e. The van der Waals surface area contributed by atoms with E-state index in [0.717, 1.165) is 55.2 Å². The molecule has 0 saturated carbocycles. The number of unbranched alkanes of at least 4 members (excludes halogenated alkanes) is 5. The summed E-state index contributed by atoms with van der Waals surface area (Å²) in [6, 6.07) is -6.40. The highest BCUT2D eigenvalue weighted by molar-refractivity contribution is 5.98. The zero-order valence-electron chi connectivity index (χ0n) is 45.0. The van der Waals surface area contributed by atoms with Gasteiger partial charge in [-0.05, 0) is 68.7 Å². The average Bonchev–Trinajstić information content (AvgIpc) is 3.99. The fourth-order valence-electron chi connectivity index (χ4n) is 10.2. The van der Waals surface area contributed by atoms with Gasteiger partial charge >= 0.3 is 0 Å². The van der Waals surface area contributed by atoms with Crippen LogP contribution in [0, 0.1) is 11.8 Å². The first-order valence-electron chi connectivity index (χ1n) is 27.3. The second kappa shape index (κ2) is 31.5. The van der Waals surface area contributed by atoms with Gasteiger partial charge in [-0.2, -0.15) is 0 Å². The van der Waals surface area contributed by atoms with Crippen LogP contribution in [0.4, 0.5) is 0 Å². The van der Waals surface area contributed by atoms with E-state index in [4.69, 9.17) is 11.5 Å². The number of amides is 7. The fourth-order valence-corrected chi connectivity index (χ4v) is 10.2. The molecule has 3 heterocycles. The number of nitrogens with zero attached hydrogens (tertiary/aromatic N) is 2. The SMILES string of the molecule is CCC(C)CC(C)CCCCCCCCC(=O)N[C@@H]1C[C@@H](O)[C@@H](NCCN)NC(=O)[C@@H]2[C@@H](O)CCN2C(=O)[C@H]([C@H](O)CCN)NC(=O)[C@H]([C@H](O)[C@@H](O)c2ccc(O)cc2)NC(=O)[C@@H]2C[C@@H](O)CN2C(=O)[C@H]([C@@H](C)O)NC1=O. The number of fused-ring (bicyclic) bond motifs is 2. The molecule has 0 aromatic heterocycles. The molecule has 0 bridgehead atoms. The van der Waals surface area contributed by atoms with Crippen LogP contribution in [0.1, 0.15) is 129 Å². The second-order valence-electron chi connectivity index (χ2n) is 21.3. The van der Waals surface area contributed by atoms with Gasteiger partial charge in [0.25, 0.3) is 0 Å². The minimum Gasteiger partial charge on any atom is -0.508 e. The molecule has 4 rings (SSSR count). The second-order valence-corrected chi connectivity index (χ2v) is 21.3. The largest absolute Gasteiger partial charge is 0.508 e. The van der Waals surface area contributed by atoms with Gasteiger partial charge in [-0.25, -0.2) is 0 Å². The smallest absolute Gasteiger partial charge is 0.248 e. The lowest BCUT2D eigenvalue weighted by Gasteiger charge is -2.35. The third-order valence-electron chi connectivity index (χ3n) is 14.9. The predicted octanol–water partition coefficient (Wildman–Crippen LogP) is -3.31. The van der Waals surface area contributed by atoms with Crippen molar-refractivity contribution in [3.63, 3.8) is 0 Å². The van der Waals surface area contributed by atoms with Gasteiger partial charge in [-0.1, -0.05) is 77.8 Å². The standard InChI is InChI=1S/C52H88N10O15/c1-5-28(2)24-29(3)12-10-8-6-7-9-11-13-39(69)56-34-26-38(68)46(55-22-21-54)60-50(75)43-37(67)19-23-61(43)52(77)41(36(66)18-20-53)58-49(74)42(45(71)44(70)31-14-16-32(64)17-15-31)59-48(73)35-25-33(65)27-62(35)51(76)40(30(4)63)57-47(34)72/h14-17,28-30,33-38,40-46,55,63-68,70-71H,5-13,18-27,53-54H2,1-4H3,(H,56,69)(H,57,72)(H,58,74)(H,59,73)(H,60,75)/t28?,29?,30-,33-,34-,35+,36-,37+,38-,40+,41+,42+,43+,44+,45+,46+/m1/s1. The minimum atomic E-state index is -2.28. The van der Waals surface area contributed by atoms with Gasteiger partial charge in [0.05, 0.1) is 30.5 Å². The Hall–Kier alpha value is -5.09. The summed E-state index contributed by atoms with van der Waals surface area (Å²) in [4.78, 5) is 102. The summed E-state index contributed by atoms with van der Waals surface area (Å²) in [5.41, 5.74) is 11.5. The van der Waals surface area contributed by atoms with Crippen molar-refractivity contribution in [2.24, 2.45) is 23.3 Å². The molecule has 1 aromatic carbocycles. The molecular weight excluding hydrogens is 1000 g/mol. The van der Waals surface area contributed by atoms with Gasteiger partial charge in [-0.3, -0.25) is 38.9 Å². The molecule has 0 aliphatic carbocycles. The highest BCUT2D eigenvalue weighted by Crippen LogP contribution is 2.27. The zero-order chi connectivity index (χ0) is 57.1. The normalized spacial score (nSPS) is 28.6. The highest BCUT2D eigenvalue weighted by Gasteiger charge is 2.49. The lowest BCUT2D eigenvalue weighted by Crippen LogP contribution is -2.65. The summed E-state index contributed by atoms with van der Waals surface area (Å²) in [5.74, 6) is -6.43. The van der Waals surface area contributed by atoms with Crippen molar-refractivity contribution in [2.45, 2.75) is 203 Å². The van der Waals surface area contributed by atoms with E-state index in [-0.39, 0.29) is 56.8 Å². The van der Waals surface area contributed by atoms with Crippen LogP contribution < -0.4 is 43.4 Å². The van der Waals surface area contributed by atoms with E-state index in [1.807, 2.05) is 0 Å². The van der Waals surface area contributed by atoms with Crippen molar-refractivity contribution in [1.82, 2.24) is 41.7 Å². The van der Waals surface area contributed by atoms with Crippen molar-refractivity contribution in [2.75, 3.05) is 32.7 Å². The molecule has 0 spiro atoms. The lowest BCUT2D eigenvalue weighted by atomic mass is 9.91. The number of aliphatic hydroxyl groups is 7. The first-order valence-corrected chi connectivity index (χ1v) is 27.3. The van der Waals surface area contributed by atoms with Crippen LogP contribution in [0.25, 0.3) is 0 Å². The number of rotatable bonds is 23.